The maximum atomic E-state index is 10.8. The van der Waals surface area contributed by atoms with Gasteiger partial charge in [0.05, 0.1) is 6.61 Å². The van der Waals surface area contributed by atoms with Crippen molar-refractivity contribution in [2.75, 3.05) is 6.61 Å². The van der Waals surface area contributed by atoms with E-state index in [0.717, 1.165) is 19.3 Å². The summed E-state index contributed by atoms with van der Waals surface area (Å²) in [5.74, 6) is -1.06. The maximum absolute atomic E-state index is 10.8. The normalized spacial score (nSPS) is 19.9. The minimum atomic E-state index is -1.18. The van der Waals surface area contributed by atoms with Crippen LogP contribution >= 0.6 is 0 Å². The van der Waals surface area contributed by atoms with E-state index in [4.69, 9.17) is 14.6 Å². The Morgan fingerprint density at radius 3 is 2.88 bits per heavy atom. The fourth-order valence-corrected chi connectivity index (χ4v) is 1.72. The molecule has 0 spiro atoms. The van der Waals surface area contributed by atoms with Gasteiger partial charge in [-0.05, 0) is 31.0 Å². The number of hydrogen-bond acceptors (Lipinski definition) is 4. The molecule has 0 aliphatic carbocycles. The van der Waals surface area contributed by atoms with Gasteiger partial charge in [-0.25, -0.2) is 4.79 Å². The first-order chi connectivity index (χ1) is 8.16. The number of aromatic carboxylic acids is 1. The van der Waals surface area contributed by atoms with Gasteiger partial charge in [0.15, 0.2) is 6.29 Å². The molecule has 0 bridgehead atoms. The number of carboxylic acids is 1. The SMILES string of the molecule is O=C(O)c1cc(OC2CCCCO2)ccc1O. The molecule has 1 fully saturated rings. The van der Waals surface area contributed by atoms with Crippen LogP contribution in [0.4, 0.5) is 0 Å². The first-order valence-corrected chi connectivity index (χ1v) is 5.51. The van der Waals surface area contributed by atoms with Crippen LogP contribution in [-0.2, 0) is 4.74 Å². The molecule has 0 amide bonds. The standard InChI is InChI=1S/C12H14O5/c13-10-5-4-8(7-9(10)12(14)15)17-11-3-1-2-6-16-11/h4-5,7,11,13H,1-3,6H2,(H,14,15). The molecule has 1 aliphatic heterocycles. The zero-order valence-electron chi connectivity index (χ0n) is 9.26. The van der Waals surface area contributed by atoms with Crippen molar-refractivity contribution in [2.45, 2.75) is 25.6 Å². The maximum Gasteiger partial charge on any atom is 0.339 e. The summed E-state index contributed by atoms with van der Waals surface area (Å²) in [4.78, 5) is 10.8. The Hall–Kier alpha value is -1.75. The van der Waals surface area contributed by atoms with Gasteiger partial charge in [-0.15, -0.1) is 0 Å². The van der Waals surface area contributed by atoms with Crippen LogP contribution in [0, 0.1) is 0 Å². The van der Waals surface area contributed by atoms with Crippen LogP contribution in [0.1, 0.15) is 29.6 Å². The molecular formula is C12H14O5. The Morgan fingerprint density at radius 2 is 2.24 bits per heavy atom. The molecule has 0 radical (unpaired) electrons. The minimum Gasteiger partial charge on any atom is -0.507 e. The smallest absolute Gasteiger partial charge is 0.339 e. The van der Waals surface area contributed by atoms with Crippen molar-refractivity contribution in [3.05, 3.63) is 23.8 Å². The van der Waals surface area contributed by atoms with Crippen LogP contribution in [0.15, 0.2) is 18.2 Å². The molecule has 1 aromatic rings. The number of carboxylic acid groups (broad SMARTS) is 1. The van der Waals surface area contributed by atoms with Crippen LogP contribution < -0.4 is 4.74 Å². The molecule has 0 aromatic heterocycles. The number of rotatable bonds is 3. The van der Waals surface area contributed by atoms with Crippen molar-refractivity contribution in [3.63, 3.8) is 0 Å². The van der Waals surface area contributed by atoms with Crippen LogP contribution in [0.25, 0.3) is 0 Å². The third kappa shape index (κ3) is 2.88. The molecule has 1 atom stereocenters. The van der Waals surface area contributed by atoms with Gasteiger partial charge in [0.2, 0.25) is 0 Å². The molecule has 1 aliphatic rings. The lowest BCUT2D eigenvalue weighted by molar-refractivity contribution is -0.105. The van der Waals surface area contributed by atoms with Crippen LogP contribution in [0.3, 0.4) is 0 Å². The van der Waals surface area contributed by atoms with E-state index in [-0.39, 0.29) is 17.6 Å². The average Bonchev–Trinajstić information content (AvgIpc) is 2.32. The molecule has 1 unspecified atom stereocenters. The van der Waals surface area contributed by atoms with E-state index in [2.05, 4.69) is 0 Å². The number of carbonyl (C=O) groups is 1. The van der Waals surface area contributed by atoms with Crippen LogP contribution in [-0.4, -0.2) is 29.1 Å². The highest BCUT2D eigenvalue weighted by Gasteiger charge is 2.17. The third-order valence-corrected chi connectivity index (χ3v) is 2.60. The average molecular weight is 238 g/mol. The van der Waals surface area contributed by atoms with Crippen LogP contribution in [0.5, 0.6) is 11.5 Å². The van der Waals surface area contributed by atoms with E-state index in [1.165, 1.54) is 18.2 Å². The topological polar surface area (TPSA) is 76.0 Å². The molecule has 2 N–H and O–H groups in total. The number of phenols is 1. The van der Waals surface area contributed by atoms with Gasteiger partial charge >= 0.3 is 5.97 Å². The zero-order valence-corrected chi connectivity index (χ0v) is 9.26. The fourth-order valence-electron chi connectivity index (χ4n) is 1.72. The second kappa shape index (κ2) is 5.05. The predicted molar refractivity (Wildman–Crippen MR) is 59.3 cm³/mol. The summed E-state index contributed by atoms with van der Waals surface area (Å²) >= 11 is 0. The van der Waals surface area contributed by atoms with Gasteiger partial charge in [-0.1, -0.05) is 0 Å². The van der Waals surface area contributed by atoms with Crippen molar-refractivity contribution in [1.82, 2.24) is 0 Å². The quantitative estimate of drug-likeness (QED) is 0.842. The number of aromatic hydroxyl groups is 1. The molecule has 92 valence electrons. The van der Waals surface area contributed by atoms with Crippen molar-refractivity contribution in [2.24, 2.45) is 0 Å². The fraction of sp³-hybridized carbons (Fsp3) is 0.417. The minimum absolute atomic E-state index is 0.168. The first-order valence-electron chi connectivity index (χ1n) is 5.51. The summed E-state index contributed by atoms with van der Waals surface area (Å²) in [6.07, 6.45) is 2.53. The van der Waals surface area contributed by atoms with E-state index in [1.54, 1.807) is 0 Å². The van der Waals surface area contributed by atoms with Crippen LogP contribution in [0.2, 0.25) is 0 Å². The zero-order chi connectivity index (χ0) is 12.3. The molecule has 1 saturated heterocycles. The van der Waals surface area contributed by atoms with Gasteiger partial charge in [-0.2, -0.15) is 0 Å². The second-order valence-corrected chi connectivity index (χ2v) is 3.90. The predicted octanol–water partition coefficient (Wildman–Crippen LogP) is 2.00. The Balaban J connectivity index is 2.10. The summed E-state index contributed by atoms with van der Waals surface area (Å²) in [7, 11) is 0. The summed E-state index contributed by atoms with van der Waals surface area (Å²) in [5.41, 5.74) is -0.168. The summed E-state index contributed by atoms with van der Waals surface area (Å²) in [6.45, 7) is 0.661. The molecular weight excluding hydrogens is 224 g/mol. The Morgan fingerprint density at radius 1 is 1.41 bits per heavy atom. The van der Waals surface area contributed by atoms with Gasteiger partial charge in [0, 0.05) is 6.42 Å². The van der Waals surface area contributed by atoms with Crippen molar-refractivity contribution in [1.29, 1.82) is 0 Å². The van der Waals surface area contributed by atoms with Crippen molar-refractivity contribution >= 4 is 5.97 Å². The van der Waals surface area contributed by atoms with Crippen molar-refractivity contribution < 1.29 is 24.5 Å². The van der Waals surface area contributed by atoms with Gasteiger partial charge in [0.25, 0.3) is 0 Å². The van der Waals surface area contributed by atoms with E-state index < -0.39 is 5.97 Å². The van der Waals surface area contributed by atoms with Gasteiger partial charge < -0.3 is 19.7 Å². The molecule has 1 heterocycles. The highest BCUT2D eigenvalue weighted by Crippen LogP contribution is 2.25. The Labute approximate surface area is 98.6 Å². The Kier molecular flexibility index (Phi) is 3.49. The van der Waals surface area contributed by atoms with E-state index in [1.807, 2.05) is 0 Å². The lowest BCUT2D eigenvalue weighted by atomic mass is 10.2. The summed E-state index contributed by atoms with van der Waals surface area (Å²) in [5, 5.41) is 18.2. The Bertz CT molecular complexity index is 409. The number of hydrogen-bond donors (Lipinski definition) is 2. The molecule has 5 heteroatoms. The lowest BCUT2D eigenvalue weighted by Gasteiger charge is -2.23. The van der Waals surface area contributed by atoms with Gasteiger partial charge in [0.1, 0.15) is 17.1 Å². The number of ether oxygens (including phenoxy) is 2. The lowest BCUT2D eigenvalue weighted by Crippen LogP contribution is -2.25. The summed E-state index contributed by atoms with van der Waals surface area (Å²) < 4.78 is 10.9. The van der Waals surface area contributed by atoms with E-state index in [0.29, 0.717) is 12.4 Å². The molecule has 2 rings (SSSR count). The largest absolute Gasteiger partial charge is 0.507 e. The first kappa shape index (κ1) is 11.7. The van der Waals surface area contributed by atoms with Gasteiger partial charge in [-0.3, -0.25) is 0 Å². The number of benzene rings is 1. The van der Waals surface area contributed by atoms with E-state index in [9.17, 15) is 9.90 Å². The highest BCUT2D eigenvalue weighted by atomic mass is 16.7. The molecule has 1 aromatic carbocycles. The molecule has 5 nitrogen and oxygen atoms in total. The third-order valence-electron chi connectivity index (χ3n) is 2.60. The van der Waals surface area contributed by atoms with Crippen molar-refractivity contribution in [3.8, 4) is 11.5 Å². The highest BCUT2D eigenvalue weighted by molar-refractivity contribution is 5.91. The molecule has 0 saturated carbocycles. The monoisotopic (exact) mass is 238 g/mol. The molecule has 17 heavy (non-hydrogen) atoms. The van der Waals surface area contributed by atoms with E-state index >= 15 is 0 Å². The second-order valence-electron chi connectivity index (χ2n) is 3.90. The summed E-state index contributed by atoms with van der Waals surface area (Å²) in [6, 6.07) is 4.14.